The fraction of sp³-hybridized carbons (Fsp3) is 0.929. The Morgan fingerprint density at radius 2 is 2.17 bits per heavy atom. The average Bonchev–Trinajstić information content (AvgIpc) is 2.35. The maximum atomic E-state index is 11.6. The van der Waals surface area contributed by atoms with Crippen LogP contribution in [0.25, 0.3) is 0 Å². The summed E-state index contributed by atoms with van der Waals surface area (Å²) in [5, 5.41) is 10.6. The van der Waals surface area contributed by atoms with Crippen molar-refractivity contribution in [1.29, 1.82) is 0 Å². The highest BCUT2D eigenvalue weighted by Gasteiger charge is 2.42. The molecule has 1 amide bonds. The highest BCUT2D eigenvalue weighted by Crippen LogP contribution is 2.39. The first-order valence-corrected chi connectivity index (χ1v) is 7.16. The molecule has 18 heavy (non-hydrogen) atoms. The summed E-state index contributed by atoms with van der Waals surface area (Å²) in [6.07, 6.45) is 6.02. The van der Waals surface area contributed by atoms with Gasteiger partial charge in [0.05, 0.1) is 5.60 Å². The molecule has 0 radical (unpaired) electrons. The molecule has 1 saturated carbocycles. The fourth-order valence-electron chi connectivity index (χ4n) is 3.32. The van der Waals surface area contributed by atoms with E-state index < -0.39 is 5.60 Å². The summed E-state index contributed by atoms with van der Waals surface area (Å²) < 4.78 is 0. The molecule has 4 heteroatoms. The largest absolute Gasteiger partial charge is 0.390 e. The highest BCUT2D eigenvalue weighted by molar-refractivity contribution is 5.75. The van der Waals surface area contributed by atoms with Gasteiger partial charge in [-0.15, -0.1) is 0 Å². The summed E-state index contributed by atoms with van der Waals surface area (Å²) in [6, 6.07) is 0. The first kappa shape index (κ1) is 13.8. The Balaban J connectivity index is 1.81. The minimum atomic E-state index is -0.402. The number of rotatable bonds is 3. The Hall–Kier alpha value is -0.610. The standard InChI is InChI=1S/C14H26N2O2/c1-15(2)13(17)6-9-16-10-8-14(18)7-4-3-5-12(14)11-16/h12,18H,3-11H2,1-2H3. The van der Waals surface area contributed by atoms with Gasteiger partial charge in [-0.3, -0.25) is 4.79 Å². The van der Waals surface area contributed by atoms with Crippen LogP contribution in [0.4, 0.5) is 0 Å². The summed E-state index contributed by atoms with van der Waals surface area (Å²) in [4.78, 5) is 15.6. The number of aliphatic hydroxyl groups is 1. The van der Waals surface area contributed by atoms with Crippen molar-refractivity contribution in [3.63, 3.8) is 0 Å². The maximum Gasteiger partial charge on any atom is 0.223 e. The Bertz CT molecular complexity index is 306. The highest BCUT2D eigenvalue weighted by atomic mass is 16.3. The van der Waals surface area contributed by atoms with Gasteiger partial charge in [0.15, 0.2) is 0 Å². The number of amides is 1. The predicted octanol–water partition coefficient (Wildman–Crippen LogP) is 1.09. The van der Waals surface area contributed by atoms with Gasteiger partial charge in [-0.05, 0) is 19.3 Å². The molecule has 1 heterocycles. The number of likely N-dealkylation sites (tertiary alicyclic amines) is 1. The molecule has 0 aromatic rings. The normalized spacial score (nSPS) is 32.9. The van der Waals surface area contributed by atoms with Crippen LogP contribution in [0, 0.1) is 5.92 Å². The molecule has 2 rings (SSSR count). The minimum Gasteiger partial charge on any atom is -0.390 e. The molecule has 0 aromatic heterocycles. The number of fused-ring (bicyclic) bond motifs is 1. The van der Waals surface area contributed by atoms with Crippen molar-refractivity contribution < 1.29 is 9.90 Å². The van der Waals surface area contributed by atoms with Crippen LogP contribution in [-0.2, 0) is 4.79 Å². The molecule has 1 N–H and O–H groups in total. The quantitative estimate of drug-likeness (QED) is 0.820. The Kier molecular flexibility index (Phi) is 4.28. The average molecular weight is 254 g/mol. The van der Waals surface area contributed by atoms with Crippen molar-refractivity contribution in [2.75, 3.05) is 33.7 Å². The number of nitrogens with zero attached hydrogens (tertiary/aromatic N) is 2. The van der Waals surface area contributed by atoms with Crippen molar-refractivity contribution in [2.24, 2.45) is 5.92 Å². The van der Waals surface area contributed by atoms with E-state index in [0.29, 0.717) is 12.3 Å². The third-order valence-electron chi connectivity index (χ3n) is 4.65. The van der Waals surface area contributed by atoms with E-state index in [0.717, 1.165) is 38.9 Å². The van der Waals surface area contributed by atoms with Crippen molar-refractivity contribution >= 4 is 5.91 Å². The van der Waals surface area contributed by atoms with E-state index in [1.54, 1.807) is 19.0 Å². The molecule has 0 aromatic carbocycles. The second-order valence-electron chi connectivity index (χ2n) is 6.14. The van der Waals surface area contributed by atoms with E-state index in [9.17, 15) is 9.90 Å². The molecule has 2 aliphatic rings. The van der Waals surface area contributed by atoms with Gasteiger partial charge in [0.1, 0.15) is 0 Å². The van der Waals surface area contributed by atoms with Gasteiger partial charge in [0.2, 0.25) is 5.91 Å². The van der Waals surface area contributed by atoms with Crippen molar-refractivity contribution in [3.05, 3.63) is 0 Å². The molecule has 2 unspecified atom stereocenters. The van der Waals surface area contributed by atoms with Crippen LogP contribution in [-0.4, -0.2) is 60.1 Å². The lowest BCUT2D eigenvalue weighted by Crippen LogP contribution is -2.53. The summed E-state index contributed by atoms with van der Waals surface area (Å²) in [5.74, 6) is 0.619. The van der Waals surface area contributed by atoms with E-state index in [4.69, 9.17) is 0 Å². The second kappa shape index (κ2) is 5.57. The van der Waals surface area contributed by atoms with Crippen LogP contribution in [0.5, 0.6) is 0 Å². The first-order valence-electron chi connectivity index (χ1n) is 7.16. The number of piperidine rings is 1. The van der Waals surface area contributed by atoms with Gasteiger partial charge in [0, 0.05) is 46.1 Å². The second-order valence-corrected chi connectivity index (χ2v) is 6.14. The topological polar surface area (TPSA) is 43.8 Å². The monoisotopic (exact) mass is 254 g/mol. The zero-order valence-corrected chi connectivity index (χ0v) is 11.7. The van der Waals surface area contributed by atoms with E-state index in [2.05, 4.69) is 4.90 Å². The third-order valence-corrected chi connectivity index (χ3v) is 4.65. The zero-order chi connectivity index (χ0) is 13.2. The van der Waals surface area contributed by atoms with Gasteiger partial charge >= 0.3 is 0 Å². The number of hydrogen-bond donors (Lipinski definition) is 1. The molecule has 2 atom stereocenters. The summed E-state index contributed by atoms with van der Waals surface area (Å²) in [5.41, 5.74) is -0.402. The SMILES string of the molecule is CN(C)C(=O)CCN1CCC2(O)CCCCC2C1. The summed E-state index contributed by atoms with van der Waals surface area (Å²) in [6.45, 7) is 2.74. The van der Waals surface area contributed by atoms with Crippen molar-refractivity contribution in [2.45, 2.75) is 44.1 Å². The van der Waals surface area contributed by atoms with Gasteiger partial charge < -0.3 is 14.9 Å². The minimum absolute atomic E-state index is 0.194. The number of hydrogen-bond acceptors (Lipinski definition) is 3. The molecule has 1 saturated heterocycles. The van der Waals surface area contributed by atoms with E-state index in [-0.39, 0.29) is 5.91 Å². The lowest BCUT2D eigenvalue weighted by molar-refractivity contribution is -0.130. The van der Waals surface area contributed by atoms with Crippen molar-refractivity contribution in [3.8, 4) is 0 Å². The lowest BCUT2D eigenvalue weighted by Gasteiger charge is -2.47. The molecule has 0 bridgehead atoms. The van der Waals surface area contributed by atoms with Crippen LogP contribution in [0.1, 0.15) is 38.5 Å². The van der Waals surface area contributed by atoms with Crippen LogP contribution < -0.4 is 0 Å². The molecule has 2 fully saturated rings. The maximum absolute atomic E-state index is 11.6. The van der Waals surface area contributed by atoms with Gasteiger partial charge in [-0.25, -0.2) is 0 Å². The van der Waals surface area contributed by atoms with E-state index in [1.807, 2.05) is 0 Å². The van der Waals surface area contributed by atoms with Crippen molar-refractivity contribution in [1.82, 2.24) is 9.80 Å². The Labute approximate surface area is 110 Å². The van der Waals surface area contributed by atoms with Crippen LogP contribution >= 0.6 is 0 Å². The zero-order valence-electron chi connectivity index (χ0n) is 11.7. The summed E-state index contributed by atoms with van der Waals surface area (Å²) >= 11 is 0. The molecular weight excluding hydrogens is 228 g/mol. The molecule has 104 valence electrons. The first-order chi connectivity index (χ1) is 8.51. The molecule has 1 aliphatic carbocycles. The van der Waals surface area contributed by atoms with E-state index >= 15 is 0 Å². The van der Waals surface area contributed by atoms with Crippen LogP contribution in [0.2, 0.25) is 0 Å². The van der Waals surface area contributed by atoms with Crippen LogP contribution in [0.15, 0.2) is 0 Å². The van der Waals surface area contributed by atoms with Gasteiger partial charge in [0.25, 0.3) is 0 Å². The molecule has 0 spiro atoms. The predicted molar refractivity (Wildman–Crippen MR) is 71.3 cm³/mol. The Morgan fingerprint density at radius 3 is 2.89 bits per heavy atom. The van der Waals surface area contributed by atoms with Gasteiger partial charge in [-0.1, -0.05) is 12.8 Å². The third kappa shape index (κ3) is 3.04. The molecule has 4 nitrogen and oxygen atoms in total. The number of carbonyl (C=O) groups is 1. The van der Waals surface area contributed by atoms with Gasteiger partial charge in [-0.2, -0.15) is 0 Å². The summed E-state index contributed by atoms with van der Waals surface area (Å²) in [7, 11) is 3.61. The number of carbonyl (C=O) groups excluding carboxylic acids is 1. The Morgan fingerprint density at radius 1 is 1.39 bits per heavy atom. The molecule has 1 aliphatic heterocycles. The van der Waals surface area contributed by atoms with Crippen LogP contribution in [0.3, 0.4) is 0 Å². The van der Waals surface area contributed by atoms with E-state index in [1.165, 1.54) is 12.8 Å². The lowest BCUT2D eigenvalue weighted by atomic mass is 9.71. The smallest absolute Gasteiger partial charge is 0.223 e. The fourth-order valence-corrected chi connectivity index (χ4v) is 3.32. The molecular formula is C14H26N2O2.